The number of ketones is 1. The Morgan fingerprint density at radius 3 is 2.50 bits per heavy atom. The molecule has 2 aromatic rings. The summed E-state index contributed by atoms with van der Waals surface area (Å²) in [6, 6.07) is 11.3. The fourth-order valence-electron chi connectivity index (χ4n) is 2.01. The molecule has 0 aromatic heterocycles. The number of carbonyl (C=O) groups is 1. The zero-order valence-corrected chi connectivity index (χ0v) is 13.4. The predicted molar refractivity (Wildman–Crippen MR) is 85.0 cm³/mol. The normalized spacial score (nSPS) is 11.0. The van der Waals surface area contributed by atoms with Crippen molar-refractivity contribution in [2.24, 2.45) is 0 Å². The van der Waals surface area contributed by atoms with Gasteiger partial charge in [-0.1, -0.05) is 18.2 Å². The fraction of sp³-hybridized carbons (Fsp3) is 0.188. The lowest BCUT2D eigenvalue weighted by Crippen LogP contribution is -2.14. The molecule has 5 nitrogen and oxygen atoms in total. The summed E-state index contributed by atoms with van der Waals surface area (Å²) >= 11 is 0. The standard InChI is InChI=1S/C16H17NO4S/c1-11-7-8-15(21-3)16(9-11)22(19,20)17-14-6-4-5-13(10-14)12(2)18/h4-10,17H,1-3H3. The highest BCUT2D eigenvalue weighted by Gasteiger charge is 2.20. The Kier molecular flexibility index (Phi) is 4.51. The van der Waals surface area contributed by atoms with Crippen molar-refractivity contribution in [2.45, 2.75) is 18.7 Å². The fourth-order valence-corrected chi connectivity index (χ4v) is 3.31. The third kappa shape index (κ3) is 3.46. The van der Waals surface area contributed by atoms with E-state index in [0.29, 0.717) is 11.3 Å². The minimum absolute atomic E-state index is 0.0585. The maximum Gasteiger partial charge on any atom is 0.265 e. The van der Waals surface area contributed by atoms with Crippen molar-refractivity contribution >= 4 is 21.5 Å². The third-order valence-electron chi connectivity index (χ3n) is 3.13. The van der Waals surface area contributed by atoms with Crippen LogP contribution in [0.2, 0.25) is 0 Å². The molecule has 2 aromatic carbocycles. The largest absolute Gasteiger partial charge is 0.495 e. The average molecular weight is 319 g/mol. The number of Topliss-reactive ketones (excluding diaryl/α,β-unsaturated/α-hetero) is 1. The molecular formula is C16H17NO4S. The first-order valence-corrected chi connectivity index (χ1v) is 8.10. The van der Waals surface area contributed by atoms with Gasteiger partial charge in [-0.15, -0.1) is 0 Å². The van der Waals surface area contributed by atoms with Crippen molar-refractivity contribution in [3.8, 4) is 5.75 Å². The molecule has 0 saturated carbocycles. The second-order valence-electron chi connectivity index (χ2n) is 4.90. The van der Waals surface area contributed by atoms with Gasteiger partial charge in [-0.25, -0.2) is 8.42 Å². The topological polar surface area (TPSA) is 72.5 Å². The summed E-state index contributed by atoms with van der Waals surface area (Å²) in [6.07, 6.45) is 0. The van der Waals surface area contributed by atoms with Crippen LogP contribution in [0.5, 0.6) is 5.75 Å². The molecule has 0 aliphatic rings. The average Bonchev–Trinajstić information content (AvgIpc) is 2.47. The van der Waals surface area contributed by atoms with Gasteiger partial charge in [0, 0.05) is 11.3 Å². The van der Waals surface area contributed by atoms with Crippen molar-refractivity contribution < 1.29 is 17.9 Å². The van der Waals surface area contributed by atoms with Crippen LogP contribution in [0, 0.1) is 6.92 Å². The molecule has 0 saturated heterocycles. The smallest absolute Gasteiger partial charge is 0.265 e. The van der Waals surface area contributed by atoms with E-state index < -0.39 is 10.0 Å². The van der Waals surface area contributed by atoms with Crippen LogP contribution in [0.4, 0.5) is 5.69 Å². The lowest BCUT2D eigenvalue weighted by molar-refractivity contribution is 0.101. The molecule has 6 heteroatoms. The number of nitrogens with one attached hydrogen (secondary N) is 1. The van der Waals surface area contributed by atoms with Crippen LogP contribution in [-0.2, 0) is 10.0 Å². The number of hydrogen-bond donors (Lipinski definition) is 1. The zero-order chi connectivity index (χ0) is 16.3. The van der Waals surface area contributed by atoms with E-state index in [0.717, 1.165) is 5.56 Å². The molecule has 0 heterocycles. The second-order valence-corrected chi connectivity index (χ2v) is 6.55. The summed E-state index contributed by atoms with van der Waals surface area (Å²) in [4.78, 5) is 11.4. The van der Waals surface area contributed by atoms with Crippen LogP contribution in [0.3, 0.4) is 0 Å². The summed E-state index contributed by atoms with van der Waals surface area (Å²) < 4.78 is 32.7. The maximum atomic E-state index is 12.5. The number of benzene rings is 2. The van der Waals surface area contributed by atoms with E-state index in [4.69, 9.17) is 4.74 Å². The van der Waals surface area contributed by atoms with Gasteiger partial charge in [-0.3, -0.25) is 9.52 Å². The van der Waals surface area contributed by atoms with Gasteiger partial charge in [-0.05, 0) is 43.7 Å². The Balaban J connectivity index is 2.42. The van der Waals surface area contributed by atoms with Crippen LogP contribution < -0.4 is 9.46 Å². The molecule has 0 unspecified atom stereocenters. The molecule has 0 bridgehead atoms. The second kappa shape index (κ2) is 6.19. The van der Waals surface area contributed by atoms with Gasteiger partial charge in [-0.2, -0.15) is 0 Å². The Bertz CT molecular complexity index is 813. The van der Waals surface area contributed by atoms with E-state index in [2.05, 4.69) is 4.72 Å². The van der Waals surface area contributed by atoms with E-state index in [9.17, 15) is 13.2 Å². The predicted octanol–water partition coefficient (Wildman–Crippen LogP) is 3.01. The van der Waals surface area contributed by atoms with Gasteiger partial charge in [0.25, 0.3) is 10.0 Å². The highest BCUT2D eigenvalue weighted by Crippen LogP contribution is 2.27. The van der Waals surface area contributed by atoms with Crippen molar-refractivity contribution in [2.75, 3.05) is 11.8 Å². The molecule has 1 N–H and O–H groups in total. The van der Waals surface area contributed by atoms with Crippen LogP contribution >= 0.6 is 0 Å². The summed E-state index contributed by atoms with van der Waals surface area (Å²) in [7, 11) is -2.39. The maximum absolute atomic E-state index is 12.5. The Labute approximate surface area is 130 Å². The third-order valence-corrected chi connectivity index (χ3v) is 4.53. The molecule has 0 aliphatic carbocycles. The monoisotopic (exact) mass is 319 g/mol. The van der Waals surface area contributed by atoms with Gasteiger partial charge in [0.05, 0.1) is 7.11 Å². The van der Waals surface area contributed by atoms with Crippen LogP contribution in [0.25, 0.3) is 0 Å². The van der Waals surface area contributed by atoms with Crippen LogP contribution in [0.15, 0.2) is 47.4 Å². The first-order chi connectivity index (χ1) is 10.3. The molecule has 0 aliphatic heterocycles. The number of carbonyl (C=O) groups excluding carboxylic acids is 1. The first-order valence-electron chi connectivity index (χ1n) is 6.62. The Hall–Kier alpha value is -2.34. The number of methoxy groups -OCH3 is 1. The van der Waals surface area contributed by atoms with Crippen LogP contribution in [-0.4, -0.2) is 21.3 Å². The Morgan fingerprint density at radius 2 is 1.86 bits per heavy atom. The SMILES string of the molecule is COc1ccc(C)cc1S(=O)(=O)Nc1cccc(C(C)=O)c1. The van der Waals surface area contributed by atoms with Crippen molar-refractivity contribution in [1.29, 1.82) is 0 Å². The lowest BCUT2D eigenvalue weighted by Gasteiger charge is -2.12. The first kappa shape index (κ1) is 16.0. The summed E-state index contributed by atoms with van der Waals surface area (Å²) in [5.74, 6) is 0.134. The van der Waals surface area contributed by atoms with E-state index in [1.807, 2.05) is 0 Å². The summed E-state index contributed by atoms with van der Waals surface area (Å²) in [6.45, 7) is 3.23. The molecule has 2 rings (SSSR count). The highest BCUT2D eigenvalue weighted by atomic mass is 32.2. The molecule has 22 heavy (non-hydrogen) atoms. The number of aryl methyl sites for hydroxylation is 1. The van der Waals surface area contributed by atoms with E-state index in [1.54, 1.807) is 37.3 Å². The van der Waals surface area contributed by atoms with Gasteiger partial charge >= 0.3 is 0 Å². The van der Waals surface area contributed by atoms with Gasteiger partial charge in [0.1, 0.15) is 10.6 Å². The minimum Gasteiger partial charge on any atom is -0.495 e. The van der Waals surface area contributed by atoms with Gasteiger partial charge < -0.3 is 4.74 Å². The molecule has 0 atom stereocenters. The molecule has 0 radical (unpaired) electrons. The lowest BCUT2D eigenvalue weighted by atomic mass is 10.1. The molecular weight excluding hydrogens is 302 g/mol. The minimum atomic E-state index is -3.81. The van der Waals surface area contributed by atoms with E-state index in [1.165, 1.54) is 26.2 Å². The number of anilines is 1. The van der Waals surface area contributed by atoms with Crippen molar-refractivity contribution in [3.05, 3.63) is 53.6 Å². The van der Waals surface area contributed by atoms with Crippen LogP contribution in [0.1, 0.15) is 22.8 Å². The number of rotatable bonds is 5. The molecule has 116 valence electrons. The van der Waals surface area contributed by atoms with Gasteiger partial charge in [0.15, 0.2) is 5.78 Å². The zero-order valence-electron chi connectivity index (χ0n) is 12.6. The summed E-state index contributed by atoms with van der Waals surface area (Å²) in [5.41, 5.74) is 1.58. The van der Waals surface area contributed by atoms with Crippen molar-refractivity contribution in [3.63, 3.8) is 0 Å². The summed E-state index contributed by atoms with van der Waals surface area (Å²) in [5, 5.41) is 0. The van der Waals surface area contributed by atoms with E-state index >= 15 is 0 Å². The number of ether oxygens (including phenoxy) is 1. The highest BCUT2D eigenvalue weighted by molar-refractivity contribution is 7.92. The van der Waals surface area contributed by atoms with Crippen molar-refractivity contribution in [1.82, 2.24) is 0 Å². The van der Waals surface area contributed by atoms with E-state index in [-0.39, 0.29) is 16.4 Å². The number of hydrogen-bond acceptors (Lipinski definition) is 4. The van der Waals surface area contributed by atoms with Gasteiger partial charge in [0.2, 0.25) is 0 Å². The Morgan fingerprint density at radius 1 is 1.14 bits per heavy atom. The number of sulfonamides is 1. The molecule has 0 fully saturated rings. The quantitative estimate of drug-likeness (QED) is 0.860. The molecule has 0 spiro atoms. The molecule has 0 amide bonds.